The number of nitrogens with zero attached hydrogens (tertiary/aromatic N) is 1. The van der Waals surface area contributed by atoms with Crippen LogP contribution in [0.3, 0.4) is 0 Å². The number of aryl methyl sites for hydroxylation is 2. The van der Waals surface area contributed by atoms with E-state index in [1.54, 1.807) is 0 Å². The molecule has 1 aromatic heterocycles. The van der Waals surface area contributed by atoms with Crippen molar-refractivity contribution < 1.29 is 14.3 Å². The van der Waals surface area contributed by atoms with Crippen molar-refractivity contribution in [3.63, 3.8) is 0 Å². The van der Waals surface area contributed by atoms with Crippen LogP contribution >= 0.6 is 0 Å². The first-order chi connectivity index (χ1) is 10.0. The largest absolute Gasteiger partial charge is 0.466 e. The van der Waals surface area contributed by atoms with Gasteiger partial charge in [-0.1, -0.05) is 0 Å². The Balaban J connectivity index is 2.00. The summed E-state index contributed by atoms with van der Waals surface area (Å²) in [6.07, 6.45) is 3.80. The van der Waals surface area contributed by atoms with E-state index < -0.39 is 0 Å². The summed E-state index contributed by atoms with van der Waals surface area (Å²) in [5.41, 5.74) is 1.02. The van der Waals surface area contributed by atoms with Crippen LogP contribution in [0.4, 0.5) is 4.79 Å². The van der Waals surface area contributed by atoms with Crippen molar-refractivity contribution in [2.45, 2.75) is 58.5 Å². The lowest BCUT2D eigenvalue weighted by molar-refractivity contribution is 0.130. The van der Waals surface area contributed by atoms with Gasteiger partial charge in [-0.25, -0.2) is 4.79 Å². The minimum absolute atomic E-state index is 0.0427. The van der Waals surface area contributed by atoms with Crippen molar-refractivity contribution in [3.05, 3.63) is 23.2 Å². The van der Waals surface area contributed by atoms with Crippen molar-refractivity contribution in [3.8, 4) is 0 Å². The van der Waals surface area contributed by atoms with Gasteiger partial charge in [0.25, 0.3) is 0 Å². The molecule has 2 atom stereocenters. The van der Waals surface area contributed by atoms with Gasteiger partial charge < -0.3 is 19.7 Å². The summed E-state index contributed by atoms with van der Waals surface area (Å²) in [6.45, 7) is 6.70. The molecule has 0 spiro atoms. The fourth-order valence-electron chi connectivity index (χ4n) is 3.14. The quantitative estimate of drug-likeness (QED) is 0.897. The molecule has 2 amide bonds. The van der Waals surface area contributed by atoms with Crippen LogP contribution in [-0.4, -0.2) is 35.2 Å². The van der Waals surface area contributed by atoms with Crippen LogP contribution < -0.4 is 5.32 Å². The molecule has 0 saturated carbocycles. The van der Waals surface area contributed by atoms with Gasteiger partial charge in [0.1, 0.15) is 11.5 Å². The molecule has 118 valence electrons. The van der Waals surface area contributed by atoms with Gasteiger partial charge in [-0.3, -0.25) is 0 Å². The number of piperidine rings is 1. The molecule has 1 aliphatic heterocycles. The van der Waals surface area contributed by atoms with E-state index in [2.05, 4.69) is 5.32 Å². The van der Waals surface area contributed by atoms with Crippen LogP contribution in [0, 0.1) is 13.8 Å². The Kier molecular flexibility index (Phi) is 5.28. The van der Waals surface area contributed by atoms with E-state index in [0.717, 1.165) is 42.9 Å². The lowest BCUT2D eigenvalue weighted by Gasteiger charge is -2.36. The second-order valence-electron chi connectivity index (χ2n) is 5.90. The zero-order valence-electron chi connectivity index (χ0n) is 13.2. The third kappa shape index (κ3) is 3.79. The van der Waals surface area contributed by atoms with Gasteiger partial charge in [0.05, 0.1) is 6.04 Å². The average molecular weight is 294 g/mol. The van der Waals surface area contributed by atoms with Gasteiger partial charge in [-0.15, -0.1) is 0 Å². The van der Waals surface area contributed by atoms with E-state index in [1.165, 1.54) is 0 Å². The molecule has 1 fully saturated rings. The van der Waals surface area contributed by atoms with E-state index in [1.807, 2.05) is 31.7 Å². The number of carbonyl (C=O) groups excluding carboxylic acids is 1. The van der Waals surface area contributed by atoms with Gasteiger partial charge in [0.15, 0.2) is 0 Å². The van der Waals surface area contributed by atoms with Crippen LogP contribution in [0.2, 0.25) is 0 Å². The lowest BCUT2D eigenvalue weighted by Crippen LogP contribution is -2.49. The predicted molar refractivity (Wildman–Crippen MR) is 81.2 cm³/mol. The van der Waals surface area contributed by atoms with E-state index in [9.17, 15) is 4.79 Å². The molecule has 5 nitrogen and oxygen atoms in total. The van der Waals surface area contributed by atoms with Crippen molar-refractivity contribution in [2.75, 3.05) is 13.2 Å². The molecule has 2 heterocycles. The number of aliphatic hydroxyl groups is 1. The number of hydrogen-bond acceptors (Lipinski definition) is 3. The Hall–Kier alpha value is -1.49. The number of rotatable bonds is 4. The molecule has 0 radical (unpaired) electrons. The topological polar surface area (TPSA) is 65.7 Å². The number of amides is 2. The molecule has 0 aliphatic carbocycles. The standard InChI is InChI=1S/C16H26N2O3/c1-11-10-15(13(3)21-11)12(2)17-16(20)18-8-5-4-6-14(18)7-9-19/h10,12,14,19H,4-9H2,1-3H3,(H,17,20). The molecule has 1 aromatic rings. The molecule has 2 rings (SSSR count). The fraction of sp³-hybridized carbons (Fsp3) is 0.688. The highest BCUT2D eigenvalue weighted by atomic mass is 16.3. The second kappa shape index (κ2) is 6.98. The molecule has 2 N–H and O–H groups in total. The number of likely N-dealkylation sites (tertiary alicyclic amines) is 1. The normalized spacial score (nSPS) is 20.4. The smallest absolute Gasteiger partial charge is 0.318 e. The Morgan fingerprint density at radius 1 is 1.52 bits per heavy atom. The minimum atomic E-state index is -0.0772. The minimum Gasteiger partial charge on any atom is -0.466 e. The van der Waals surface area contributed by atoms with Gasteiger partial charge in [-0.2, -0.15) is 0 Å². The Morgan fingerprint density at radius 2 is 2.29 bits per heavy atom. The number of furan rings is 1. The molecule has 1 saturated heterocycles. The molecule has 21 heavy (non-hydrogen) atoms. The van der Waals surface area contributed by atoms with Gasteiger partial charge in [-0.05, 0) is 52.5 Å². The molecule has 1 aliphatic rings. The number of hydrogen-bond donors (Lipinski definition) is 2. The number of nitrogens with one attached hydrogen (secondary N) is 1. The zero-order chi connectivity index (χ0) is 15.4. The molecule has 0 bridgehead atoms. The Bertz CT molecular complexity index is 482. The summed E-state index contributed by atoms with van der Waals surface area (Å²) in [5, 5.41) is 12.2. The first-order valence-corrected chi connectivity index (χ1v) is 7.78. The fourth-order valence-corrected chi connectivity index (χ4v) is 3.14. The maximum absolute atomic E-state index is 12.5. The van der Waals surface area contributed by atoms with Crippen LogP contribution in [0.25, 0.3) is 0 Å². The molecular formula is C16H26N2O3. The Labute approximate surface area is 126 Å². The number of carbonyl (C=O) groups is 1. The average Bonchev–Trinajstić information content (AvgIpc) is 2.78. The molecule has 5 heteroatoms. The monoisotopic (exact) mass is 294 g/mol. The van der Waals surface area contributed by atoms with Gasteiger partial charge in [0.2, 0.25) is 0 Å². The van der Waals surface area contributed by atoms with Crippen LogP contribution in [0.1, 0.15) is 55.7 Å². The summed E-state index contributed by atoms with van der Waals surface area (Å²) >= 11 is 0. The van der Waals surface area contributed by atoms with Crippen molar-refractivity contribution >= 4 is 6.03 Å². The highest BCUT2D eigenvalue weighted by Crippen LogP contribution is 2.23. The zero-order valence-corrected chi connectivity index (χ0v) is 13.2. The number of aliphatic hydroxyl groups excluding tert-OH is 1. The highest BCUT2D eigenvalue weighted by Gasteiger charge is 2.27. The predicted octanol–water partition coefficient (Wildman–Crippen LogP) is 2.90. The SMILES string of the molecule is Cc1cc(C(C)NC(=O)N2CCCCC2CCO)c(C)o1. The van der Waals surface area contributed by atoms with Crippen LogP contribution in [0.5, 0.6) is 0 Å². The first kappa shape index (κ1) is 15.9. The first-order valence-electron chi connectivity index (χ1n) is 7.78. The molecular weight excluding hydrogens is 268 g/mol. The van der Waals surface area contributed by atoms with Gasteiger partial charge >= 0.3 is 6.03 Å². The van der Waals surface area contributed by atoms with E-state index in [0.29, 0.717) is 6.42 Å². The third-order valence-electron chi connectivity index (χ3n) is 4.24. The molecule has 0 aromatic carbocycles. The second-order valence-corrected chi connectivity index (χ2v) is 5.90. The maximum Gasteiger partial charge on any atom is 0.318 e. The third-order valence-corrected chi connectivity index (χ3v) is 4.24. The van der Waals surface area contributed by atoms with Crippen molar-refractivity contribution in [1.29, 1.82) is 0 Å². The van der Waals surface area contributed by atoms with E-state index >= 15 is 0 Å². The maximum atomic E-state index is 12.5. The lowest BCUT2D eigenvalue weighted by atomic mass is 10.00. The molecule has 2 unspecified atom stereocenters. The van der Waals surface area contributed by atoms with Gasteiger partial charge in [0, 0.05) is 24.8 Å². The highest BCUT2D eigenvalue weighted by molar-refractivity contribution is 5.75. The van der Waals surface area contributed by atoms with Crippen LogP contribution in [-0.2, 0) is 0 Å². The Morgan fingerprint density at radius 3 is 2.90 bits per heavy atom. The summed E-state index contributed by atoms with van der Waals surface area (Å²) in [6, 6.07) is 2.01. The van der Waals surface area contributed by atoms with Crippen molar-refractivity contribution in [1.82, 2.24) is 10.2 Å². The van der Waals surface area contributed by atoms with E-state index in [4.69, 9.17) is 9.52 Å². The summed E-state index contributed by atoms with van der Waals surface area (Å²) in [7, 11) is 0. The summed E-state index contributed by atoms with van der Waals surface area (Å²) < 4.78 is 5.52. The van der Waals surface area contributed by atoms with E-state index in [-0.39, 0.29) is 24.7 Å². The van der Waals surface area contributed by atoms with Crippen LogP contribution in [0.15, 0.2) is 10.5 Å². The van der Waals surface area contributed by atoms with Crippen molar-refractivity contribution in [2.24, 2.45) is 0 Å². The number of urea groups is 1. The summed E-state index contributed by atoms with van der Waals surface area (Å²) in [5.74, 6) is 1.71. The summed E-state index contributed by atoms with van der Waals surface area (Å²) in [4.78, 5) is 14.4.